The summed E-state index contributed by atoms with van der Waals surface area (Å²) in [5, 5.41) is 13.7. The Balaban J connectivity index is 1.59. The van der Waals surface area contributed by atoms with Crippen LogP contribution in [0.3, 0.4) is 0 Å². The molecular weight excluding hydrogens is 346 g/mol. The number of aromatic nitrogens is 1. The molecule has 144 valence electrons. The van der Waals surface area contributed by atoms with E-state index in [2.05, 4.69) is 15.6 Å². The minimum Gasteiger partial charge on any atom is -0.360 e. The number of pyridine rings is 1. The summed E-state index contributed by atoms with van der Waals surface area (Å²) in [6, 6.07) is 2.84. The van der Waals surface area contributed by atoms with E-state index in [1.807, 2.05) is 0 Å². The maximum absolute atomic E-state index is 12.6. The maximum Gasteiger partial charge on any atom is 0.242 e. The Morgan fingerprint density at radius 1 is 1.30 bits per heavy atom. The van der Waals surface area contributed by atoms with Crippen LogP contribution in [0.15, 0.2) is 18.3 Å². The number of Topliss-reactive ketones (excluding diaryl/α,β-unsaturated/α-hetero) is 1. The van der Waals surface area contributed by atoms with E-state index in [4.69, 9.17) is 5.41 Å². The van der Waals surface area contributed by atoms with Crippen LogP contribution in [0.25, 0.3) is 0 Å². The molecule has 0 spiro atoms. The van der Waals surface area contributed by atoms with Crippen molar-refractivity contribution in [1.29, 1.82) is 5.41 Å². The number of nitrogens with zero attached hydrogens (tertiary/aromatic N) is 2. The lowest BCUT2D eigenvalue weighted by atomic mass is 10.1. The zero-order chi connectivity index (χ0) is 19.4. The Labute approximate surface area is 158 Å². The van der Waals surface area contributed by atoms with Crippen molar-refractivity contribution in [2.24, 2.45) is 5.92 Å². The Morgan fingerprint density at radius 2 is 2.07 bits per heavy atom. The number of hydrogen-bond acceptors (Lipinski definition) is 6. The first kappa shape index (κ1) is 19.0. The third-order valence-corrected chi connectivity index (χ3v) is 4.97. The van der Waals surface area contributed by atoms with Crippen LogP contribution in [0.2, 0.25) is 0 Å². The van der Waals surface area contributed by atoms with Crippen LogP contribution in [0.1, 0.15) is 38.2 Å². The Bertz CT molecular complexity index is 759. The quantitative estimate of drug-likeness (QED) is 0.589. The van der Waals surface area contributed by atoms with Crippen molar-refractivity contribution in [3.8, 4) is 0 Å². The Morgan fingerprint density at radius 3 is 2.78 bits per heavy atom. The van der Waals surface area contributed by atoms with Crippen LogP contribution < -0.4 is 10.6 Å². The lowest BCUT2D eigenvalue weighted by molar-refractivity contribution is -0.137. The molecule has 1 aliphatic carbocycles. The number of rotatable bonds is 8. The van der Waals surface area contributed by atoms with Crippen molar-refractivity contribution in [3.05, 3.63) is 23.9 Å². The Kier molecular flexibility index (Phi) is 5.83. The van der Waals surface area contributed by atoms with Gasteiger partial charge in [-0.2, -0.15) is 0 Å². The van der Waals surface area contributed by atoms with Crippen LogP contribution in [0.4, 0.5) is 5.82 Å². The molecule has 1 saturated carbocycles. The molecule has 8 nitrogen and oxygen atoms in total. The molecule has 2 heterocycles. The van der Waals surface area contributed by atoms with E-state index in [-0.39, 0.29) is 29.9 Å². The zero-order valence-corrected chi connectivity index (χ0v) is 15.5. The van der Waals surface area contributed by atoms with E-state index < -0.39 is 6.04 Å². The van der Waals surface area contributed by atoms with Crippen molar-refractivity contribution in [2.45, 2.75) is 38.6 Å². The molecule has 3 N–H and O–H groups in total. The summed E-state index contributed by atoms with van der Waals surface area (Å²) >= 11 is 0. The van der Waals surface area contributed by atoms with Gasteiger partial charge in [0.2, 0.25) is 11.8 Å². The summed E-state index contributed by atoms with van der Waals surface area (Å²) in [4.78, 5) is 42.2. The fraction of sp³-hybridized carbons (Fsp3) is 0.526. The average Bonchev–Trinajstić information content (AvgIpc) is 3.37. The first-order chi connectivity index (χ1) is 13.0. The lowest BCUT2D eigenvalue weighted by Gasteiger charge is -2.24. The molecule has 27 heavy (non-hydrogen) atoms. The van der Waals surface area contributed by atoms with Crippen LogP contribution >= 0.6 is 0 Å². The van der Waals surface area contributed by atoms with Crippen LogP contribution in [-0.2, 0) is 14.4 Å². The number of amides is 2. The maximum atomic E-state index is 12.6. The minimum absolute atomic E-state index is 0.0401. The second-order valence-electron chi connectivity index (χ2n) is 7.12. The number of likely N-dealkylation sites (tertiary alicyclic amines) is 1. The minimum atomic E-state index is -0.420. The predicted octanol–water partition coefficient (Wildman–Crippen LogP) is 0.968. The molecule has 0 unspecified atom stereocenters. The molecule has 2 aliphatic rings. The first-order valence-corrected chi connectivity index (χ1v) is 9.33. The normalized spacial score (nSPS) is 18.9. The zero-order valence-electron chi connectivity index (χ0n) is 15.5. The van der Waals surface area contributed by atoms with E-state index in [1.165, 1.54) is 26.0 Å². The highest BCUT2D eigenvalue weighted by Gasteiger charge is 2.34. The number of carbonyl (C=O) groups is 3. The summed E-state index contributed by atoms with van der Waals surface area (Å²) in [7, 11) is 0. The smallest absolute Gasteiger partial charge is 0.242 e. The highest BCUT2D eigenvalue weighted by Crippen LogP contribution is 2.28. The highest BCUT2D eigenvalue weighted by atomic mass is 16.2. The second-order valence-corrected chi connectivity index (χ2v) is 7.12. The highest BCUT2D eigenvalue weighted by molar-refractivity contribution is 6.45. The van der Waals surface area contributed by atoms with Crippen molar-refractivity contribution >= 4 is 29.1 Å². The van der Waals surface area contributed by atoms with Gasteiger partial charge < -0.3 is 15.5 Å². The third kappa shape index (κ3) is 4.69. The Hall–Kier alpha value is -2.77. The molecule has 2 amide bonds. The number of anilines is 1. The lowest BCUT2D eigenvalue weighted by Crippen LogP contribution is -2.48. The molecule has 0 aromatic carbocycles. The van der Waals surface area contributed by atoms with Gasteiger partial charge in [0.25, 0.3) is 0 Å². The van der Waals surface area contributed by atoms with E-state index in [9.17, 15) is 14.4 Å². The third-order valence-electron chi connectivity index (χ3n) is 4.97. The van der Waals surface area contributed by atoms with Gasteiger partial charge in [-0.25, -0.2) is 4.98 Å². The summed E-state index contributed by atoms with van der Waals surface area (Å²) in [5.74, 6) is 0.277. The average molecular weight is 371 g/mol. The van der Waals surface area contributed by atoms with Crippen LogP contribution in [0.5, 0.6) is 0 Å². The number of carbonyl (C=O) groups excluding carboxylic acids is 3. The monoisotopic (exact) mass is 371 g/mol. The molecule has 8 heteroatoms. The van der Waals surface area contributed by atoms with Crippen molar-refractivity contribution in [3.63, 3.8) is 0 Å². The van der Waals surface area contributed by atoms with Crippen molar-refractivity contribution in [1.82, 2.24) is 15.2 Å². The molecule has 1 saturated heterocycles. The number of ketones is 1. The summed E-state index contributed by atoms with van der Waals surface area (Å²) in [6.45, 7) is 2.53. The van der Waals surface area contributed by atoms with Gasteiger partial charge in [0, 0.05) is 31.8 Å². The summed E-state index contributed by atoms with van der Waals surface area (Å²) < 4.78 is 0. The molecule has 0 bridgehead atoms. The van der Waals surface area contributed by atoms with Gasteiger partial charge in [-0.3, -0.25) is 19.8 Å². The van der Waals surface area contributed by atoms with Crippen LogP contribution in [0, 0.1) is 11.3 Å². The van der Waals surface area contributed by atoms with Crippen molar-refractivity contribution < 1.29 is 14.4 Å². The largest absolute Gasteiger partial charge is 0.360 e. The van der Waals surface area contributed by atoms with E-state index in [0.717, 1.165) is 6.42 Å². The van der Waals surface area contributed by atoms with Crippen molar-refractivity contribution in [2.75, 3.05) is 25.0 Å². The van der Waals surface area contributed by atoms with Gasteiger partial charge in [-0.1, -0.05) is 0 Å². The molecule has 3 rings (SSSR count). The standard InChI is InChI=1S/C19H25N5O3/c1-12(25)17(20)14-4-2-8-21-18(14)22-11-16(26)24-9-3-5-15(24)19(27)23-10-13-6-7-13/h2,4,8,13,15,20H,3,5-7,9-11H2,1H3,(H,21,22)(H,23,27)/t15-/m0/s1. The van der Waals surface area contributed by atoms with Gasteiger partial charge in [0.05, 0.1) is 6.54 Å². The second kappa shape index (κ2) is 8.28. The molecule has 2 fully saturated rings. The van der Waals surface area contributed by atoms with E-state index >= 15 is 0 Å². The first-order valence-electron chi connectivity index (χ1n) is 9.33. The van der Waals surface area contributed by atoms with Gasteiger partial charge in [0.15, 0.2) is 5.78 Å². The summed E-state index contributed by atoms with van der Waals surface area (Å²) in [6.07, 6.45) is 5.34. The molecule has 0 radical (unpaired) electrons. The topological polar surface area (TPSA) is 115 Å². The van der Waals surface area contributed by atoms with Gasteiger partial charge in [-0.05, 0) is 43.7 Å². The van der Waals surface area contributed by atoms with E-state index in [1.54, 1.807) is 17.0 Å². The SMILES string of the molecule is CC(=O)C(=N)c1cccnc1NCC(=O)N1CCC[C@H]1C(=O)NCC1CC1. The number of hydrogen-bond donors (Lipinski definition) is 3. The molecule has 1 aromatic rings. The number of nitrogens with one attached hydrogen (secondary N) is 3. The molecule has 1 atom stereocenters. The summed E-state index contributed by atoms with van der Waals surface area (Å²) in [5.41, 5.74) is 0.203. The van der Waals surface area contributed by atoms with Gasteiger partial charge >= 0.3 is 0 Å². The van der Waals surface area contributed by atoms with E-state index in [0.29, 0.717) is 36.8 Å². The molecular formula is C19H25N5O3. The predicted molar refractivity (Wildman–Crippen MR) is 101 cm³/mol. The molecule has 1 aromatic heterocycles. The molecule has 1 aliphatic heterocycles. The van der Waals surface area contributed by atoms with Gasteiger partial charge in [-0.15, -0.1) is 0 Å². The fourth-order valence-electron chi connectivity index (χ4n) is 3.22. The fourth-order valence-corrected chi connectivity index (χ4v) is 3.22. The van der Waals surface area contributed by atoms with Gasteiger partial charge in [0.1, 0.15) is 17.6 Å². The van der Waals surface area contributed by atoms with Crippen LogP contribution in [-0.4, -0.2) is 58.9 Å².